The molecule has 0 bridgehead atoms. The zero-order valence-corrected chi connectivity index (χ0v) is 20.2. The van der Waals surface area contributed by atoms with Crippen LogP contribution in [0.3, 0.4) is 0 Å². The van der Waals surface area contributed by atoms with Gasteiger partial charge in [-0.2, -0.15) is 18.4 Å². The Morgan fingerprint density at radius 1 is 1.09 bits per heavy atom. The highest BCUT2D eigenvalue weighted by atomic mass is 32.2. The van der Waals surface area contributed by atoms with Gasteiger partial charge in [-0.15, -0.1) is 0 Å². The van der Waals surface area contributed by atoms with Crippen molar-refractivity contribution in [2.24, 2.45) is 0 Å². The second-order valence-corrected chi connectivity index (χ2v) is 9.34. The molecule has 0 radical (unpaired) electrons. The van der Waals surface area contributed by atoms with Gasteiger partial charge >= 0.3 is 12.1 Å². The molecule has 0 aliphatic heterocycles. The van der Waals surface area contributed by atoms with E-state index in [1.54, 1.807) is 0 Å². The predicted octanol–water partition coefficient (Wildman–Crippen LogP) is 4.15. The second-order valence-electron chi connectivity index (χ2n) is 7.23. The molecule has 0 unspecified atom stereocenters. The number of hydrogen-bond acceptors (Lipinski definition) is 6. The van der Waals surface area contributed by atoms with Crippen LogP contribution in [-0.4, -0.2) is 50.4 Å². The number of carboxylic acid groups (broad SMARTS) is 1. The minimum Gasteiger partial charge on any atom is -0.475 e. The molecule has 0 spiro atoms. The number of alkyl halides is 3. The summed E-state index contributed by atoms with van der Waals surface area (Å²) in [7, 11) is -3.58. The SMILES string of the molecule is CCN(CC)c1ccc(NC(=O)CCS(=O)(=O)c2ccc(C#N)cc2)c(C)c1.O=C(O)C(F)(F)F. The molecule has 2 N–H and O–H groups in total. The van der Waals surface area contributed by atoms with Crippen LogP contribution >= 0.6 is 0 Å². The zero-order chi connectivity index (χ0) is 26.8. The third-order valence-corrected chi connectivity index (χ3v) is 6.53. The Balaban J connectivity index is 0.000000762. The first-order valence-corrected chi connectivity index (χ1v) is 12.1. The van der Waals surface area contributed by atoms with Crippen molar-refractivity contribution in [2.45, 2.75) is 38.3 Å². The van der Waals surface area contributed by atoms with Gasteiger partial charge in [0.1, 0.15) is 0 Å². The Labute approximate surface area is 201 Å². The fraction of sp³-hybridized carbons (Fsp3) is 0.348. The molecule has 35 heavy (non-hydrogen) atoms. The maximum absolute atomic E-state index is 12.4. The van der Waals surface area contributed by atoms with E-state index < -0.39 is 22.0 Å². The number of nitrogens with one attached hydrogen (secondary N) is 1. The van der Waals surface area contributed by atoms with Gasteiger partial charge in [0.15, 0.2) is 9.84 Å². The van der Waals surface area contributed by atoms with Crippen LogP contribution in [0.4, 0.5) is 24.5 Å². The summed E-state index contributed by atoms with van der Waals surface area (Å²) in [5.74, 6) is -3.40. The number of amides is 1. The minimum atomic E-state index is -5.08. The Morgan fingerprint density at radius 2 is 1.63 bits per heavy atom. The number of aliphatic carboxylic acids is 1. The number of carbonyl (C=O) groups is 2. The Kier molecular flexibility index (Phi) is 10.7. The van der Waals surface area contributed by atoms with E-state index in [4.69, 9.17) is 15.2 Å². The smallest absolute Gasteiger partial charge is 0.475 e. The van der Waals surface area contributed by atoms with E-state index in [0.717, 1.165) is 24.3 Å². The van der Waals surface area contributed by atoms with Crippen molar-refractivity contribution in [3.63, 3.8) is 0 Å². The number of rotatable bonds is 8. The fourth-order valence-corrected chi connectivity index (χ4v) is 4.11. The molecular formula is C23H26F3N3O5S. The molecule has 0 fully saturated rings. The number of halogens is 3. The summed E-state index contributed by atoms with van der Waals surface area (Å²) in [4.78, 5) is 23.5. The largest absolute Gasteiger partial charge is 0.490 e. The lowest BCUT2D eigenvalue weighted by Crippen LogP contribution is -2.22. The fourth-order valence-electron chi connectivity index (χ4n) is 2.87. The van der Waals surface area contributed by atoms with Crippen molar-refractivity contribution >= 4 is 33.1 Å². The van der Waals surface area contributed by atoms with Gasteiger partial charge in [0.25, 0.3) is 0 Å². The number of aryl methyl sites for hydroxylation is 1. The lowest BCUT2D eigenvalue weighted by molar-refractivity contribution is -0.192. The third-order valence-electron chi connectivity index (χ3n) is 4.80. The van der Waals surface area contributed by atoms with Crippen LogP contribution in [-0.2, 0) is 19.4 Å². The Bertz CT molecular complexity index is 1170. The summed E-state index contributed by atoms with van der Waals surface area (Å²) in [5.41, 5.74) is 3.08. The molecule has 0 saturated carbocycles. The quantitative estimate of drug-likeness (QED) is 0.543. The summed E-state index contributed by atoms with van der Waals surface area (Å²) in [6.07, 6.45) is -5.22. The van der Waals surface area contributed by atoms with Crippen molar-refractivity contribution in [1.29, 1.82) is 5.26 Å². The molecular weight excluding hydrogens is 487 g/mol. The van der Waals surface area contributed by atoms with Crippen LogP contribution in [0, 0.1) is 18.3 Å². The first-order valence-electron chi connectivity index (χ1n) is 10.4. The molecule has 0 aliphatic carbocycles. The van der Waals surface area contributed by atoms with Crippen molar-refractivity contribution in [1.82, 2.24) is 0 Å². The number of carbonyl (C=O) groups excluding carboxylic acids is 1. The predicted molar refractivity (Wildman–Crippen MR) is 125 cm³/mol. The zero-order valence-electron chi connectivity index (χ0n) is 19.4. The number of sulfone groups is 1. The van der Waals surface area contributed by atoms with Crippen LogP contribution in [0.2, 0.25) is 0 Å². The summed E-state index contributed by atoms with van der Waals surface area (Å²) < 4.78 is 56.5. The molecule has 190 valence electrons. The molecule has 0 aliphatic rings. The Hall–Kier alpha value is -3.59. The van der Waals surface area contributed by atoms with Gasteiger partial charge in [0, 0.05) is 30.9 Å². The summed E-state index contributed by atoms with van der Waals surface area (Å²) in [5, 5.41) is 18.7. The van der Waals surface area contributed by atoms with Gasteiger partial charge in [-0.05, 0) is 68.8 Å². The summed E-state index contributed by atoms with van der Waals surface area (Å²) in [6, 6.07) is 13.4. The molecule has 1 amide bonds. The van der Waals surface area contributed by atoms with E-state index in [1.807, 2.05) is 31.2 Å². The molecule has 0 saturated heterocycles. The molecule has 2 aromatic rings. The summed E-state index contributed by atoms with van der Waals surface area (Å²) >= 11 is 0. The average Bonchev–Trinajstić information content (AvgIpc) is 2.80. The molecule has 2 rings (SSSR count). The van der Waals surface area contributed by atoms with Crippen molar-refractivity contribution in [3.8, 4) is 6.07 Å². The number of hydrogen-bond donors (Lipinski definition) is 2. The average molecular weight is 514 g/mol. The van der Waals surface area contributed by atoms with E-state index in [2.05, 4.69) is 24.1 Å². The monoisotopic (exact) mass is 513 g/mol. The van der Waals surface area contributed by atoms with E-state index in [9.17, 15) is 26.4 Å². The topological polar surface area (TPSA) is 128 Å². The van der Waals surface area contributed by atoms with Gasteiger partial charge in [-0.3, -0.25) is 4.79 Å². The van der Waals surface area contributed by atoms with Gasteiger partial charge < -0.3 is 15.3 Å². The number of nitrogens with zero attached hydrogens (tertiary/aromatic N) is 2. The first-order chi connectivity index (χ1) is 16.2. The molecule has 12 heteroatoms. The molecule has 8 nitrogen and oxygen atoms in total. The maximum Gasteiger partial charge on any atom is 0.490 e. The van der Waals surface area contributed by atoms with Gasteiger partial charge in [-0.25, -0.2) is 13.2 Å². The third kappa shape index (κ3) is 9.29. The minimum absolute atomic E-state index is 0.110. The second kappa shape index (κ2) is 12.8. The van der Waals surface area contributed by atoms with Crippen molar-refractivity contribution < 1.29 is 36.3 Å². The Morgan fingerprint density at radius 3 is 2.06 bits per heavy atom. The lowest BCUT2D eigenvalue weighted by atomic mass is 10.1. The van der Waals surface area contributed by atoms with E-state index >= 15 is 0 Å². The molecule has 0 aromatic heterocycles. The van der Waals surface area contributed by atoms with Crippen LogP contribution < -0.4 is 10.2 Å². The highest BCUT2D eigenvalue weighted by molar-refractivity contribution is 7.91. The van der Waals surface area contributed by atoms with E-state index in [1.165, 1.54) is 24.3 Å². The van der Waals surface area contributed by atoms with Crippen LogP contribution in [0.1, 0.15) is 31.4 Å². The first kappa shape index (κ1) is 29.4. The van der Waals surface area contributed by atoms with Gasteiger partial charge in [0.2, 0.25) is 5.91 Å². The molecule has 2 aromatic carbocycles. The number of nitriles is 1. The standard InChI is InChI=1S/C21H25N3O3S.C2HF3O2/c1-4-24(5-2)18-8-11-20(16(3)14-18)23-21(25)12-13-28(26,27)19-9-6-17(15-22)7-10-19;3-2(4,5)1(6)7/h6-11,14H,4-5,12-13H2,1-3H3,(H,23,25);(H,6,7). The van der Waals surface area contributed by atoms with Gasteiger partial charge in [0.05, 0.1) is 22.3 Å². The van der Waals surface area contributed by atoms with Crippen LogP contribution in [0.25, 0.3) is 0 Å². The summed E-state index contributed by atoms with van der Waals surface area (Å²) in [6.45, 7) is 7.88. The van der Waals surface area contributed by atoms with Gasteiger partial charge in [-0.1, -0.05) is 0 Å². The number of carboxylic acids is 1. The van der Waals surface area contributed by atoms with Crippen molar-refractivity contribution in [2.75, 3.05) is 29.1 Å². The number of benzene rings is 2. The molecule has 0 heterocycles. The van der Waals surface area contributed by atoms with Crippen molar-refractivity contribution in [3.05, 3.63) is 53.6 Å². The van der Waals surface area contributed by atoms with E-state index in [-0.39, 0.29) is 23.0 Å². The maximum atomic E-state index is 12.4. The highest BCUT2D eigenvalue weighted by Crippen LogP contribution is 2.23. The highest BCUT2D eigenvalue weighted by Gasteiger charge is 2.38. The van der Waals surface area contributed by atoms with Crippen LogP contribution in [0.15, 0.2) is 47.4 Å². The van der Waals surface area contributed by atoms with E-state index in [0.29, 0.717) is 11.3 Å². The molecule has 0 atom stereocenters. The lowest BCUT2D eigenvalue weighted by Gasteiger charge is -2.22. The van der Waals surface area contributed by atoms with Crippen LogP contribution in [0.5, 0.6) is 0 Å². The normalized spacial score (nSPS) is 11.0. The number of anilines is 2.